The molecule has 1 aromatic carbocycles. The molecule has 1 aromatic heterocycles. The summed E-state index contributed by atoms with van der Waals surface area (Å²) in [4.78, 5) is 4.25. The van der Waals surface area contributed by atoms with Crippen molar-refractivity contribution in [3.8, 4) is 6.07 Å². The Bertz CT molecular complexity index is 583. The molecule has 0 aliphatic heterocycles. The van der Waals surface area contributed by atoms with Gasteiger partial charge in [-0.1, -0.05) is 15.9 Å². The number of hydrogen-bond acceptors (Lipinski definition) is 3. The minimum Gasteiger partial charge on any atom is -0.384 e. The van der Waals surface area contributed by atoms with Crippen LogP contribution in [0.2, 0.25) is 0 Å². The van der Waals surface area contributed by atoms with Crippen LogP contribution in [-0.2, 0) is 13.5 Å². The molecule has 0 unspecified atom stereocenters. The number of nitrogens with zero attached hydrogens (tertiary/aromatic N) is 3. The van der Waals surface area contributed by atoms with Crippen molar-refractivity contribution in [1.29, 1.82) is 5.26 Å². The highest BCUT2D eigenvalue weighted by Gasteiger charge is 2.03. The van der Waals surface area contributed by atoms with Gasteiger partial charge in [-0.2, -0.15) is 5.26 Å². The molecular formula is C13H13BrN4. The Hall–Kier alpha value is -1.80. The molecule has 0 saturated heterocycles. The van der Waals surface area contributed by atoms with E-state index in [9.17, 15) is 0 Å². The molecule has 0 saturated carbocycles. The molecule has 18 heavy (non-hydrogen) atoms. The van der Waals surface area contributed by atoms with Gasteiger partial charge in [0.25, 0.3) is 0 Å². The van der Waals surface area contributed by atoms with Crippen LogP contribution in [0.4, 0.5) is 5.69 Å². The molecular weight excluding hydrogens is 292 g/mol. The Labute approximate surface area is 114 Å². The van der Waals surface area contributed by atoms with Gasteiger partial charge in [0.1, 0.15) is 11.9 Å². The quantitative estimate of drug-likeness (QED) is 0.945. The molecule has 0 fully saturated rings. The van der Waals surface area contributed by atoms with Gasteiger partial charge in [0, 0.05) is 36.9 Å². The number of nitrogens with one attached hydrogen (secondary N) is 1. The van der Waals surface area contributed by atoms with E-state index in [-0.39, 0.29) is 0 Å². The van der Waals surface area contributed by atoms with Crippen molar-refractivity contribution >= 4 is 21.6 Å². The predicted molar refractivity (Wildman–Crippen MR) is 74.3 cm³/mol. The number of benzene rings is 1. The summed E-state index contributed by atoms with van der Waals surface area (Å²) in [5, 5.41) is 12.3. The van der Waals surface area contributed by atoms with Gasteiger partial charge < -0.3 is 9.88 Å². The molecule has 1 heterocycles. The molecule has 0 atom stereocenters. The fraction of sp³-hybridized carbons (Fsp3) is 0.231. The number of nitriles is 1. The molecule has 4 nitrogen and oxygen atoms in total. The van der Waals surface area contributed by atoms with Crippen LogP contribution >= 0.6 is 15.9 Å². The number of aryl methyl sites for hydroxylation is 1. The van der Waals surface area contributed by atoms with Gasteiger partial charge in [0.05, 0.1) is 11.3 Å². The first-order valence-corrected chi connectivity index (χ1v) is 6.39. The Morgan fingerprint density at radius 3 is 3.00 bits per heavy atom. The zero-order valence-corrected chi connectivity index (χ0v) is 11.6. The minimum absolute atomic E-state index is 0.643. The molecule has 0 amide bonds. The highest BCUT2D eigenvalue weighted by Crippen LogP contribution is 2.20. The lowest BCUT2D eigenvalue weighted by Gasteiger charge is -2.08. The van der Waals surface area contributed by atoms with Gasteiger partial charge >= 0.3 is 0 Å². The molecule has 1 N–H and O–H groups in total. The summed E-state index contributed by atoms with van der Waals surface area (Å²) in [6.45, 7) is 0.751. The average molecular weight is 305 g/mol. The van der Waals surface area contributed by atoms with Crippen molar-refractivity contribution in [2.75, 3.05) is 11.9 Å². The molecule has 5 heteroatoms. The van der Waals surface area contributed by atoms with E-state index >= 15 is 0 Å². The van der Waals surface area contributed by atoms with Gasteiger partial charge in [0.2, 0.25) is 0 Å². The largest absolute Gasteiger partial charge is 0.384 e. The van der Waals surface area contributed by atoms with E-state index in [2.05, 4.69) is 32.3 Å². The number of hydrogen-bond donors (Lipinski definition) is 1. The summed E-state index contributed by atoms with van der Waals surface area (Å²) < 4.78 is 2.91. The summed E-state index contributed by atoms with van der Waals surface area (Å²) in [5.41, 5.74) is 1.50. The van der Waals surface area contributed by atoms with Crippen LogP contribution in [-0.4, -0.2) is 16.1 Å². The maximum Gasteiger partial charge on any atom is 0.110 e. The van der Waals surface area contributed by atoms with E-state index in [1.54, 1.807) is 6.20 Å². The fourth-order valence-electron chi connectivity index (χ4n) is 1.71. The van der Waals surface area contributed by atoms with Crippen LogP contribution in [0.1, 0.15) is 11.4 Å². The number of anilines is 1. The van der Waals surface area contributed by atoms with E-state index in [0.717, 1.165) is 29.0 Å². The molecule has 0 aliphatic carbocycles. The van der Waals surface area contributed by atoms with E-state index in [1.807, 2.05) is 36.0 Å². The van der Waals surface area contributed by atoms with Crippen LogP contribution in [0.5, 0.6) is 0 Å². The summed E-state index contributed by atoms with van der Waals surface area (Å²) in [6.07, 6.45) is 4.54. The highest BCUT2D eigenvalue weighted by molar-refractivity contribution is 9.10. The standard InChI is InChI=1S/C13H13BrN4/c1-18-7-6-17-13(18)4-5-16-12-3-2-11(14)8-10(12)9-15/h2-3,6-8,16H,4-5H2,1H3. The Morgan fingerprint density at radius 2 is 2.33 bits per heavy atom. The molecule has 2 aromatic rings. The van der Waals surface area contributed by atoms with Gasteiger partial charge in [-0.05, 0) is 18.2 Å². The molecule has 0 spiro atoms. The SMILES string of the molecule is Cn1ccnc1CCNc1ccc(Br)cc1C#N. The first kappa shape index (κ1) is 12.7. The van der Waals surface area contributed by atoms with Gasteiger partial charge in [-0.15, -0.1) is 0 Å². The molecule has 0 radical (unpaired) electrons. The summed E-state index contributed by atoms with van der Waals surface area (Å²) in [7, 11) is 1.97. The minimum atomic E-state index is 0.643. The number of rotatable bonds is 4. The van der Waals surface area contributed by atoms with E-state index < -0.39 is 0 Å². The van der Waals surface area contributed by atoms with E-state index in [4.69, 9.17) is 5.26 Å². The predicted octanol–water partition coefficient (Wildman–Crippen LogP) is 2.71. The summed E-state index contributed by atoms with van der Waals surface area (Å²) >= 11 is 3.35. The summed E-state index contributed by atoms with van der Waals surface area (Å²) in [6, 6.07) is 7.81. The molecule has 92 valence electrons. The number of aromatic nitrogens is 2. The number of imidazole rings is 1. The van der Waals surface area contributed by atoms with Gasteiger partial charge in [-0.3, -0.25) is 0 Å². The third kappa shape index (κ3) is 2.90. The smallest absolute Gasteiger partial charge is 0.110 e. The molecule has 0 bridgehead atoms. The monoisotopic (exact) mass is 304 g/mol. The second-order valence-electron chi connectivity index (χ2n) is 3.93. The molecule has 2 rings (SSSR count). The number of halogens is 1. The summed E-state index contributed by atoms with van der Waals surface area (Å²) in [5.74, 6) is 1.03. The van der Waals surface area contributed by atoms with E-state index in [0.29, 0.717) is 5.56 Å². The fourth-order valence-corrected chi connectivity index (χ4v) is 2.07. The van der Waals surface area contributed by atoms with Crippen LogP contribution in [0.25, 0.3) is 0 Å². The first-order valence-electron chi connectivity index (χ1n) is 5.60. The van der Waals surface area contributed by atoms with Crippen LogP contribution in [0, 0.1) is 11.3 Å². The van der Waals surface area contributed by atoms with Crippen molar-refractivity contribution in [3.63, 3.8) is 0 Å². The van der Waals surface area contributed by atoms with Crippen molar-refractivity contribution in [3.05, 3.63) is 46.5 Å². The average Bonchev–Trinajstić information content (AvgIpc) is 2.77. The van der Waals surface area contributed by atoms with Gasteiger partial charge in [-0.25, -0.2) is 4.98 Å². The third-order valence-electron chi connectivity index (χ3n) is 2.69. The Balaban J connectivity index is 1.99. The lowest BCUT2D eigenvalue weighted by molar-refractivity contribution is 0.789. The van der Waals surface area contributed by atoms with Crippen LogP contribution < -0.4 is 5.32 Å². The second kappa shape index (κ2) is 5.69. The van der Waals surface area contributed by atoms with Crippen molar-refractivity contribution < 1.29 is 0 Å². The highest BCUT2D eigenvalue weighted by atomic mass is 79.9. The first-order chi connectivity index (χ1) is 8.70. The second-order valence-corrected chi connectivity index (χ2v) is 4.85. The topological polar surface area (TPSA) is 53.6 Å². The Morgan fingerprint density at radius 1 is 1.50 bits per heavy atom. The Kier molecular flexibility index (Phi) is 4.00. The van der Waals surface area contributed by atoms with Gasteiger partial charge in [0.15, 0.2) is 0 Å². The van der Waals surface area contributed by atoms with Crippen molar-refractivity contribution in [2.24, 2.45) is 7.05 Å². The lowest BCUT2D eigenvalue weighted by atomic mass is 10.2. The van der Waals surface area contributed by atoms with E-state index in [1.165, 1.54) is 0 Å². The van der Waals surface area contributed by atoms with Crippen molar-refractivity contribution in [2.45, 2.75) is 6.42 Å². The maximum atomic E-state index is 9.04. The van der Waals surface area contributed by atoms with Crippen LogP contribution in [0.3, 0.4) is 0 Å². The molecule has 0 aliphatic rings. The van der Waals surface area contributed by atoms with Crippen LogP contribution in [0.15, 0.2) is 35.1 Å². The lowest BCUT2D eigenvalue weighted by Crippen LogP contribution is -2.09. The van der Waals surface area contributed by atoms with Crippen molar-refractivity contribution in [1.82, 2.24) is 9.55 Å². The third-order valence-corrected chi connectivity index (χ3v) is 3.18. The normalized spacial score (nSPS) is 10.1. The zero-order valence-electron chi connectivity index (χ0n) is 10.0. The zero-order chi connectivity index (χ0) is 13.0. The maximum absolute atomic E-state index is 9.04.